The second kappa shape index (κ2) is 7.85. The van der Waals surface area contributed by atoms with Crippen LogP contribution in [0.25, 0.3) is 0 Å². The van der Waals surface area contributed by atoms with Crippen molar-refractivity contribution in [2.24, 2.45) is 0 Å². The fourth-order valence-electron chi connectivity index (χ4n) is 2.03. The van der Waals surface area contributed by atoms with E-state index in [2.05, 4.69) is 20.9 Å². The van der Waals surface area contributed by atoms with Gasteiger partial charge in [-0.25, -0.2) is 0 Å². The number of nitrogens with zero attached hydrogens (tertiary/aromatic N) is 3. The number of rotatable bonds is 7. The van der Waals surface area contributed by atoms with E-state index in [0.717, 1.165) is 38.9 Å². The summed E-state index contributed by atoms with van der Waals surface area (Å²) in [6.07, 6.45) is 6.48. The molecular weight excluding hydrogens is 246 g/mol. The van der Waals surface area contributed by atoms with Gasteiger partial charge in [-0.05, 0) is 32.4 Å². The van der Waals surface area contributed by atoms with E-state index >= 15 is 0 Å². The van der Waals surface area contributed by atoms with Gasteiger partial charge >= 0.3 is 0 Å². The van der Waals surface area contributed by atoms with Gasteiger partial charge in [0.2, 0.25) is 5.91 Å². The summed E-state index contributed by atoms with van der Waals surface area (Å²) in [6, 6.07) is 0. The highest BCUT2D eigenvalue weighted by molar-refractivity contribution is 5.77. The summed E-state index contributed by atoms with van der Waals surface area (Å²) in [5, 5.41) is 13.7. The van der Waals surface area contributed by atoms with Gasteiger partial charge in [-0.1, -0.05) is 5.21 Å². The molecule has 1 aromatic rings. The van der Waals surface area contributed by atoms with Crippen LogP contribution in [0.1, 0.15) is 19.3 Å². The minimum Gasteiger partial charge on any atom is -0.368 e. The Morgan fingerprint density at radius 2 is 2.32 bits per heavy atom. The maximum absolute atomic E-state index is 11.6. The Morgan fingerprint density at radius 1 is 1.47 bits per heavy atom. The van der Waals surface area contributed by atoms with Crippen LogP contribution in [-0.4, -0.2) is 53.2 Å². The average molecular weight is 267 g/mol. The van der Waals surface area contributed by atoms with Crippen LogP contribution in [0.15, 0.2) is 12.4 Å². The molecule has 1 fully saturated rings. The maximum Gasteiger partial charge on any atom is 0.246 e. The molecular formula is C12H21N5O2. The quantitative estimate of drug-likeness (QED) is 0.654. The summed E-state index contributed by atoms with van der Waals surface area (Å²) in [7, 11) is 0. The number of ether oxygens (including phenoxy) is 1. The molecule has 1 aliphatic rings. The third kappa shape index (κ3) is 5.35. The molecule has 1 aliphatic heterocycles. The van der Waals surface area contributed by atoms with Crippen LogP contribution in [0.3, 0.4) is 0 Å². The molecule has 0 unspecified atom stereocenters. The predicted octanol–water partition coefficient (Wildman–Crippen LogP) is -0.447. The van der Waals surface area contributed by atoms with Crippen molar-refractivity contribution in [1.29, 1.82) is 0 Å². The van der Waals surface area contributed by atoms with Crippen molar-refractivity contribution >= 4 is 5.91 Å². The second-order valence-electron chi connectivity index (χ2n) is 4.63. The third-order valence-electron chi connectivity index (χ3n) is 3.09. The Hall–Kier alpha value is -1.47. The first kappa shape index (κ1) is 14.0. The summed E-state index contributed by atoms with van der Waals surface area (Å²) in [5.74, 6) is -0.0443. The van der Waals surface area contributed by atoms with Gasteiger partial charge in [0, 0.05) is 19.3 Å². The van der Waals surface area contributed by atoms with Crippen LogP contribution in [0.5, 0.6) is 0 Å². The van der Waals surface area contributed by atoms with Crippen molar-refractivity contribution in [2.45, 2.75) is 31.9 Å². The van der Waals surface area contributed by atoms with Gasteiger partial charge in [-0.15, -0.1) is 5.10 Å². The van der Waals surface area contributed by atoms with Crippen LogP contribution in [0, 0.1) is 0 Å². The molecule has 1 saturated heterocycles. The lowest BCUT2D eigenvalue weighted by atomic mass is 10.1. The molecule has 106 valence electrons. The van der Waals surface area contributed by atoms with Crippen LogP contribution < -0.4 is 10.6 Å². The number of amides is 1. The number of carbonyl (C=O) groups excluding carboxylic acids is 1. The van der Waals surface area contributed by atoms with Crippen molar-refractivity contribution in [3.63, 3.8) is 0 Å². The lowest BCUT2D eigenvalue weighted by Gasteiger charge is -2.22. The van der Waals surface area contributed by atoms with Crippen molar-refractivity contribution in [2.75, 3.05) is 26.2 Å². The number of hydrogen-bond donors (Lipinski definition) is 2. The summed E-state index contributed by atoms with van der Waals surface area (Å²) in [4.78, 5) is 11.6. The van der Waals surface area contributed by atoms with Crippen LogP contribution >= 0.6 is 0 Å². The minimum absolute atomic E-state index is 0.0443. The largest absolute Gasteiger partial charge is 0.368 e. The van der Waals surface area contributed by atoms with E-state index in [-0.39, 0.29) is 18.6 Å². The highest BCUT2D eigenvalue weighted by Gasteiger charge is 2.14. The molecule has 0 aromatic carbocycles. The second-order valence-corrected chi connectivity index (χ2v) is 4.63. The predicted molar refractivity (Wildman–Crippen MR) is 69.5 cm³/mol. The van der Waals surface area contributed by atoms with Crippen LogP contribution in [0.4, 0.5) is 0 Å². The zero-order chi connectivity index (χ0) is 13.3. The van der Waals surface area contributed by atoms with Crippen LogP contribution in [0.2, 0.25) is 0 Å². The number of aryl methyl sites for hydroxylation is 1. The highest BCUT2D eigenvalue weighted by Crippen LogP contribution is 2.06. The first-order valence-electron chi connectivity index (χ1n) is 6.78. The van der Waals surface area contributed by atoms with E-state index < -0.39 is 0 Å². The fraction of sp³-hybridized carbons (Fsp3) is 0.750. The zero-order valence-corrected chi connectivity index (χ0v) is 11.0. The molecule has 0 atom stereocenters. The van der Waals surface area contributed by atoms with E-state index in [1.165, 1.54) is 0 Å². The molecule has 7 nitrogen and oxygen atoms in total. The number of piperidine rings is 1. The average Bonchev–Trinajstić information content (AvgIpc) is 2.96. The monoisotopic (exact) mass is 267 g/mol. The third-order valence-corrected chi connectivity index (χ3v) is 3.09. The Kier molecular flexibility index (Phi) is 5.77. The van der Waals surface area contributed by atoms with E-state index in [1.807, 2.05) is 6.20 Å². The molecule has 7 heteroatoms. The molecule has 0 aliphatic carbocycles. The molecule has 19 heavy (non-hydrogen) atoms. The van der Waals surface area contributed by atoms with E-state index in [0.29, 0.717) is 6.54 Å². The van der Waals surface area contributed by atoms with Crippen molar-refractivity contribution in [1.82, 2.24) is 25.6 Å². The van der Waals surface area contributed by atoms with Gasteiger partial charge in [-0.3, -0.25) is 9.48 Å². The first-order chi connectivity index (χ1) is 9.34. The fourth-order valence-corrected chi connectivity index (χ4v) is 2.03. The summed E-state index contributed by atoms with van der Waals surface area (Å²) >= 11 is 0. The minimum atomic E-state index is -0.0443. The molecule has 1 aromatic heterocycles. The first-order valence-corrected chi connectivity index (χ1v) is 6.78. The summed E-state index contributed by atoms with van der Waals surface area (Å²) in [5.41, 5.74) is 0. The molecule has 2 N–H and O–H groups in total. The molecule has 0 radical (unpaired) electrons. The maximum atomic E-state index is 11.6. The lowest BCUT2D eigenvalue weighted by Crippen LogP contribution is -2.36. The van der Waals surface area contributed by atoms with Crippen LogP contribution in [-0.2, 0) is 16.1 Å². The molecule has 0 bridgehead atoms. The summed E-state index contributed by atoms with van der Waals surface area (Å²) < 4.78 is 7.32. The van der Waals surface area contributed by atoms with Crippen molar-refractivity contribution < 1.29 is 9.53 Å². The molecule has 2 heterocycles. The number of carbonyl (C=O) groups is 1. The van der Waals surface area contributed by atoms with Gasteiger partial charge in [-0.2, -0.15) is 0 Å². The Bertz CT molecular complexity index is 362. The molecule has 0 saturated carbocycles. The normalized spacial score (nSPS) is 16.4. The molecule has 0 spiro atoms. The van der Waals surface area contributed by atoms with Gasteiger partial charge in [0.05, 0.1) is 12.3 Å². The van der Waals surface area contributed by atoms with Crippen molar-refractivity contribution in [3.8, 4) is 0 Å². The Morgan fingerprint density at radius 3 is 3.05 bits per heavy atom. The molecule has 1 amide bonds. The lowest BCUT2D eigenvalue weighted by molar-refractivity contribution is -0.128. The van der Waals surface area contributed by atoms with E-state index in [4.69, 9.17) is 4.74 Å². The van der Waals surface area contributed by atoms with Gasteiger partial charge in [0.1, 0.15) is 6.61 Å². The van der Waals surface area contributed by atoms with E-state index in [9.17, 15) is 4.79 Å². The Labute approximate surface area is 112 Å². The highest BCUT2D eigenvalue weighted by atomic mass is 16.5. The zero-order valence-electron chi connectivity index (χ0n) is 11.0. The van der Waals surface area contributed by atoms with Gasteiger partial charge in [0.15, 0.2) is 0 Å². The van der Waals surface area contributed by atoms with Gasteiger partial charge < -0.3 is 15.4 Å². The number of aromatic nitrogens is 3. The number of nitrogens with one attached hydrogen (secondary N) is 2. The number of hydrogen-bond acceptors (Lipinski definition) is 5. The summed E-state index contributed by atoms with van der Waals surface area (Å²) in [6.45, 7) is 3.51. The SMILES string of the molecule is O=C(COC1CCNCC1)NCCCn1ccnn1. The van der Waals surface area contributed by atoms with Gasteiger partial charge in [0.25, 0.3) is 0 Å². The smallest absolute Gasteiger partial charge is 0.246 e. The van der Waals surface area contributed by atoms with E-state index in [1.54, 1.807) is 10.9 Å². The Balaban J connectivity index is 1.49. The standard InChI is InChI=1S/C12H21N5O2/c18-12(10-19-11-2-5-13-6-3-11)14-4-1-8-17-9-7-15-16-17/h7,9,11,13H,1-6,8,10H2,(H,14,18). The van der Waals surface area contributed by atoms with Crippen molar-refractivity contribution in [3.05, 3.63) is 12.4 Å². The molecule has 2 rings (SSSR count). The topological polar surface area (TPSA) is 81.1 Å².